The standard InChI is InChI=1S/C30H32N6O7/c1-4-35(30(41)43-16-42-29(40)19-7-11-22(37)12-8-19)28(39)23-14-36-25(18(23)3)26(31-15-32-36)34-24-13-20(6-5-17(24)2)27(38)33-21-9-10-21/h5-8,11-13,15,21,23,37H,4,9-10,14,16H2,1-3H3,(H,33,38)(H,31,32,34). The first-order valence-corrected chi connectivity index (χ1v) is 13.9. The lowest BCUT2D eigenvalue weighted by Gasteiger charge is -2.26. The minimum absolute atomic E-state index is 0.00826. The zero-order valence-electron chi connectivity index (χ0n) is 24.0. The van der Waals surface area contributed by atoms with Crippen LogP contribution in [0, 0.1) is 12.8 Å². The van der Waals surface area contributed by atoms with Crippen LogP contribution in [0.5, 0.6) is 5.75 Å². The van der Waals surface area contributed by atoms with Crippen molar-refractivity contribution in [3.8, 4) is 5.75 Å². The molecule has 1 aliphatic carbocycles. The van der Waals surface area contributed by atoms with Crippen molar-refractivity contribution in [2.45, 2.75) is 39.7 Å². The Bertz CT molecular complexity index is 1540. The van der Waals surface area contributed by atoms with Crippen molar-refractivity contribution in [3.05, 3.63) is 70.4 Å². The number of carbonyl (C=O) groups excluding carboxylic acids is 4. The quantitative estimate of drug-likeness (QED) is 0.311. The Balaban J connectivity index is 1.28. The third kappa shape index (κ3) is 6.50. The lowest BCUT2D eigenvalue weighted by molar-refractivity contribution is -0.133. The Morgan fingerprint density at radius 3 is 2.51 bits per heavy atom. The van der Waals surface area contributed by atoms with Crippen LogP contribution in [0.4, 0.5) is 10.5 Å². The maximum atomic E-state index is 13.5. The molecule has 0 bridgehead atoms. The molecule has 43 heavy (non-hydrogen) atoms. The number of aromatic hydroxyl groups is 1. The molecule has 0 spiro atoms. The van der Waals surface area contributed by atoms with Crippen LogP contribution in [0.15, 0.2) is 63.7 Å². The number of rotatable bonds is 8. The van der Waals surface area contributed by atoms with Gasteiger partial charge in [0, 0.05) is 18.2 Å². The normalized spacial score (nSPS) is 18.2. The Kier molecular flexibility index (Phi) is 8.41. The van der Waals surface area contributed by atoms with Crippen LogP contribution < -0.4 is 10.7 Å². The molecule has 1 saturated carbocycles. The molecule has 3 amide bonds. The lowest BCUT2D eigenvalue weighted by atomic mass is 10.0. The maximum Gasteiger partial charge on any atom is 0.419 e. The highest BCUT2D eigenvalue weighted by atomic mass is 16.7. The van der Waals surface area contributed by atoms with Crippen LogP contribution in [-0.2, 0) is 14.3 Å². The fourth-order valence-electron chi connectivity index (χ4n) is 4.71. The second kappa shape index (κ2) is 12.3. The molecule has 13 nitrogen and oxygen atoms in total. The van der Waals surface area contributed by atoms with Crippen LogP contribution in [0.25, 0.3) is 0 Å². The van der Waals surface area contributed by atoms with Gasteiger partial charge in [-0.2, -0.15) is 0 Å². The van der Waals surface area contributed by atoms with E-state index in [1.54, 1.807) is 31.0 Å². The summed E-state index contributed by atoms with van der Waals surface area (Å²) in [6.45, 7) is 4.86. The minimum Gasteiger partial charge on any atom is -0.508 e. The number of imide groups is 1. The number of amides is 3. The van der Waals surface area contributed by atoms with Crippen LogP contribution in [-0.4, -0.2) is 77.0 Å². The summed E-state index contributed by atoms with van der Waals surface area (Å²) < 4.78 is 10.0. The van der Waals surface area contributed by atoms with Crippen LogP contribution in [0.3, 0.4) is 0 Å². The van der Waals surface area contributed by atoms with E-state index in [9.17, 15) is 24.3 Å². The number of carbonyl (C=O) groups is 4. The minimum atomic E-state index is -0.955. The fourth-order valence-corrected chi connectivity index (χ4v) is 4.71. The van der Waals surface area contributed by atoms with Gasteiger partial charge in [0.25, 0.3) is 5.91 Å². The largest absolute Gasteiger partial charge is 0.508 e. The summed E-state index contributed by atoms with van der Waals surface area (Å²) in [5, 5.41) is 14.1. The van der Waals surface area contributed by atoms with Crippen molar-refractivity contribution in [2.75, 3.05) is 19.9 Å². The summed E-state index contributed by atoms with van der Waals surface area (Å²) in [7, 11) is 0. The van der Waals surface area contributed by atoms with Crippen molar-refractivity contribution in [2.24, 2.45) is 15.9 Å². The van der Waals surface area contributed by atoms with Gasteiger partial charge in [-0.3, -0.25) is 20.0 Å². The number of aryl methyl sites for hydroxylation is 1. The molecule has 1 atom stereocenters. The van der Waals surface area contributed by atoms with E-state index in [4.69, 9.17) is 14.5 Å². The Hall–Kier alpha value is -5.20. The predicted molar refractivity (Wildman–Crippen MR) is 156 cm³/mol. The molecular weight excluding hydrogens is 556 g/mol. The number of hydrogen-bond acceptors (Lipinski definition) is 10. The molecule has 13 heteroatoms. The van der Waals surface area contributed by atoms with Crippen molar-refractivity contribution < 1.29 is 33.8 Å². The Labute approximate surface area is 247 Å². The number of amidine groups is 1. The Morgan fingerprint density at radius 1 is 1.09 bits per heavy atom. The Morgan fingerprint density at radius 2 is 1.81 bits per heavy atom. The molecule has 0 aromatic heterocycles. The molecule has 3 N–H and O–H groups in total. The van der Waals surface area contributed by atoms with E-state index in [0.717, 1.165) is 23.3 Å². The van der Waals surface area contributed by atoms with Gasteiger partial charge in [-0.05, 0) is 81.1 Å². The number of hydrogen-bond donors (Lipinski definition) is 3. The number of ether oxygens (including phenoxy) is 2. The molecule has 2 aliphatic heterocycles. The molecule has 0 saturated heterocycles. The summed E-state index contributed by atoms with van der Waals surface area (Å²) in [6, 6.07) is 10.9. The number of phenols is 1. The molecule has 1 fully saturated rings. The molecule has 2 aromatic rings. The molecular formula is C30H32N6O7. The third-order valence-electron chi connectivity index (χ3n) is 7.33. The highest BCUT2D eigenvalue weighted by Crippen LogP contribution is 2.33. The number of benzene rings is 2. The second-order valence-corrected chi connectivity index (χ2v) is 10.4. The van der Waals surface area contributed by atoms with Crippen molar-refractivity contribution >= 4 is 41.7 Å². The molecule has 3 aliphatic rings. The van der Waals surface area contributed by atoms with Gasteiger partial charge >= 0.3 is 12.1 Å². The first-order valence-electron chi connectivity index (χ1n) is 13.9. The molecule has 1 unspecified atom stereocenters. The van der Waals surface area contributed by atoms with E-state index in [-0.39, 0.29) is 36.4 Å². The van der Waals surface area contributed by atoms with Gasteiger partial charge in [0.2, 0.25) is 12.7 Å². The SMILES string of the molecule is CCN(C(=O)OCOC(=O)c1ccc(O)cc1)C(=O)C1CN2NC=NC(=Nc3cc(C(=O)NC4CC4)ccc3C)C2=C1C. The lowest BCUT2D eigenvalue weighted by Crippen LogP contribution is -2.45. The molecule has 224 valence electrons. The van der Waals surface area contributed by atoms with Crippen LogP contribution in [0.2, 0.25) is 0 Å². The van der Waals surface area contributed by atoms with E-state index in [0.29, 0.717) is 28.4 Å². The van der Waals surface area contributed by atoms with E-state index in [2.05, 4.69) is 15.7 Å². The highest BCUT2D eigenvalue weighted by molar-refractivity contribution is 6.07. The van der Waals surface area contributed by atoms with Crippen LogP contribution >= 0.6 is 0 Å². The topological polar surface area (TPSA) is 162 Å². The van der Waals surface area contributed by atoms with Gasteiger partial charge in [-0.15, -0.1) is 0 Å². The summed E-state index contributed by atoms with van der Waals surface area (Å²) >= 11 is 0. The number of phenolic OH excluding ortho intramolecular Hbond substituents is 1. The average molecular weight is 589 g/mol. The monoisotopic (exact) mass is 588 g/mol. The molecule has 2 heterocycles. The van der Waals surface area contributed by atoms with Gasteiger partial charge < -0.3 is 19.9 Å². The molecule has 5 rings (SSSR count). The van der Waals surface area contributed by atoms with Gasteiger partial charge in [-0.25, -0.2) is 24.5 Å². The average Bonchev–Trinajstić information content (AvgIpc) is 3.74. The van der Waals surface area contributed by atoms with Gasteiger partial charge in [0.1, 0.15) is 17.8 Å². The maximum absolute atomic E-state index is 13.5. The zero-order chi connectivity index (χ0) is 30.7. The van der Waals surface area contributed by atoms with Gasteiger partial charge in [0.05, 0.1) is 23.7 Å². The summed E-state index contributed by atoms with van der Waals surface area (Å²) in [5.41, 5.74) is 6.36. The van der Waals surface area contributed by atoms with Gasteiger partial charge in [-0.1, -0.05) is 6.07 Å². The second-order valence-electron chi connectivity index (χ2n) is 10.4. The van der Waals surface area contributed by atoms with Crippen LogP contribution in [0.1, 0.15) is 53.0 Å². The van der Waals surface area contributed by atoms with Crippen molar-refractivity contribution in [1.29, 1.82) is 0 Å². The number of nitrogens with one attached hydrogen (secondary N) is 2. The number of hydrazine groups is 1. The van der Waals surface area contributed by atoms with Crippen molar-refractivity contribution in [3.63, 3.8) is 0 Å². The molecule has 0 radical (unpaired) electrons. The van der Waals surface area contributed by atoms with E-state index >= 15 is 0 Å². The smallest absolute Gasteiger partial charge is 0.419 e. The summed E-state index contributed by atoms with van der Waals surface area (Å²) in [4.78, 5) is 61.2. The summed E-state index contributed by atoms with van der Waals surface area (Å²) in [5.74, 6) is -1.75. The molecule has 2 aromatic carbocycles. The highest BCUT2D eigenvalue weighted by Gasteiger charge is 2.40. The van der Waals surface area contributed by atoms with E-state index in [1.807, 2.05) is 13.0 Å². The third-order valence-corrected chi connectivity index (χ3v) is 7.33. The summed E-state index contributed by atoms with van der Waals surface area (Å²) in [6.07, 6.45) is 2.48. The predicted octanol–water partition coefficient (Wildman–Crippen LogP) is 3.17. The first-order chi connectivity index (χ1) is 20.7. The fraction of sp³-hybridized carbons (Fsp3) is 0.333. The number of nitrogens with zero attached hydrogens (tertiary/aromatic N) is 4. The van der Waals surface area contributed by atoms with E-state index in [1.165, 1.54) is 30.6 Å². The first kappa shape index (κ1) is 29.3. The zero-order valence-corrected chi connectivity index (χ0v) is 24.0. The number of fused-ring (bicyclic) bond motifs is 1. The number of esters is 1. The van der Waals surface area contributed by atoms with Crippen molar-refractivity contribution in [1.82, 2.24) is 20.7 Å². The van der Waals surface area contributed by atoms with E-state index < -0.39 is 30.7 Å². The van der Waals surface area contributed by atoms with Gasteiger partial charge in [0.15, 0.2) is 5.84 Å². The number of aliphatic imine (C=N–C) groups is 2.